The molecule has 0 fully saturated rings. The molecule has 0 aliphatic rings. The molecule has 2 amide bonds. The van der Waals surface area contributed by atoms with Gasteiger partial charge in [-0.1, -0.05) is 69.3 Å². The molecular formula is C32H37N3O4S. The lowest BCUT2D eigenvalue weighted by atomic mass is 9.87. The zero-order valence-electron chi connectivity index (χ0n) is 23.3. The normalized spacial score (nSPS) is 10.9. The van der Waals surface area contributed by atoms with Crippen LogP contribution in [-0.2, 0) is 26.2 Å². The van der Waals surface area contributed by atoms with Gasteiger partial charge in [-0.15, -0.1) is 0 Å². The van der Waals surface area contributed by atoms with Crippen LogP contribution in [0.2, 0.25) is 0 Å². The molecule has 3 rings (SSSR count). The van der Waals surface area contributed by atoms with Crippen LogP contribution in [0.3, 0.4) is 0 Å². The molecule has 0 saturated carbocycles. The number of ether oxygens (including phenoxy) is 1. The van der Waals surface area contributed by atoms with Crippen molar-refractivity contribution < 1.29 is 19.1 Å². The maximum atomic E-state index is 12.7. The number of benzene rings is 3. The van der Waals surface area contributed by atoms with Crippen molar-refractivity contribution in [1.29, 1.82) is 0 Å². The van der Waals surface area contributed by atoms with E-state index in [2.05, 4.69) is 36.7 Å². The third kappa shape index (κ3) is 10.6. The van der Waals surface area contributed by atoms with Crippen molar-refractivity contribution >= 4 is 46.5 Å². The number of carbonyl (C=O) groups is 3. The van der Waals surface area contributed by atoms with E-state index in [-0.39, 0.29) is 41.2 Å². The minimum absolute atomic E-state index is 0.0113. The Hall–Kier alpha value is -4.04. The number of aryl methyl sites for hydroxylation is 1. The average Bonchev–Trinajstić information content (AvgIpc) is 2.91. The highest BCUT2D eigenvalue weighted by atomic mass is 32.1. The Labute approximate surface area is 241 Å². The topological polar surface area (TPSA) is 96.5 Å². The fraction of sp³-hybridized carbons (Fsp3) is 0.312. The molecule has 0 saturated heterocycles. The number of thiocarbonyl (C=S) groups is 1. The number of hydrogen-bond donors (Lipinski definition) is 3. The predicted molar refractivity (Wildman–Crippen MR) is 163 cm³/mol. The number of rotatable bonds is 11. The molecule has 8 heteroatoms. The van der Waals surface area contributed by atoms with Crippen LogP contribution >= 0.6 is 12.2 Å². The molecule has 0 aliphatic carbocycles. The van der Waals surface area contributed by atoms with Gasteiger partial charge in [0.25, 0.3) is 5.91 Å². The molecule has 0 unspecified atom stereocenters. The second-order valence-corrected chi connectivity index (χ2v) is 10.9. The van der Waals surface area contributed by atoms with Crippen molar-refractivity contribution in [3.05, 3.63) is 95.6 Å². The van der Waals surface area contributed by atoms with E-state index < -0.39 is 0 Å². The first-order valence-corrected chi connectivity index (χ1v) is 13.8. The zero-order chi connectivity index (χ0) is 29.0. The van der Waals surface area contributed by atoms with E-state index >= 15 is 0 Å². The van der Waals surface area contributed by atoms with Crippen LogP contribution in [0.15, 0.2) is 78.9 Å². The van der Waals surface area contributed by atoms with Crippen LogP contribution in [-0.4, -0.2) is 29.5 Å². The summed E-state index contributed by atoms with van der Waals surface area (Å²) < 4.78 is 5.25. The lowest BCUT2D eigenvalue weighted by Crippen LogP contribution is -2.34. The van der Waals surface area contributed by atoms with Crippen LogP contribution < -0.4 is 16.0 Å². The molecule has 210 valence electrons. The van der Waals surface area contributed by atoms with Gasteiger partial charge in [-0.25, -0.2) is 0 Å². The average molecular weight is 560 g/mol. The van der Waals surface area contributed by atoms with E-state index in [0.29, 0.717) is 30.0 Å². The summed E-state index contributed by atoms with van der Waals surface area (Å²) in [4.78, 5) is 36.9. The number of esters is 1. The Morgan fingerprint density at radius 1 is 0.800 bits per heavy atom. The highest BCUT2D eigenvalue weighted by Gasteiger charge is 2.15. The first-order chi connectivity index (χ1) is 19.1. The van der Waals surface area contributed by atoms with Crippen LogP contribution in [0.1, 0.15) is 67.9 Å². The molecule has 0 spiro atoms. The zero-order valence-corrected chi connectivity index (χ0v) is 24.1. The largest absolute Gasteiger partial charge is 0.466 e. The summed E-state index contributed by atoms with van der Waals surface area (Å²) in [5, 5.41) is 8.59. The Kier molecular flexibility index (Phi) is 11.4. The second kappa shape index (κ2) is 14.9. The molecule has 0 atom stereocenters. The van der Waals surface area contributed by atoms with Crippen molar-refractivity contribution in [1.82, 2.24) is 5.32 Å². The fourth-order valence-electron chi connectivity index (χ4n) is 3.92. The van der Waals surface area contributed by atoms with Crippen molar-refractivity contribution in [2.24, 2.45) is 0 Å². The SMILES string of the molecule is CC(C)(C)c1ccc(C(=O)Nc2cccc(NC(=S)NC(=O)CCCC(=O)OCCCc3ccccc3)c2)cc1. The molecule has 0 aliphatic heterocycles. The first kappa shape index (κ1) is 30.5. The summed E-state index contributed by atoms with van der Waals surface area (Å²) >= 11 is 5.25. The first-order valence-electron chi connectivity index (χ1n) is 13.4. The highest BCUT2D eigenvalue weighted by molar-refractivity contribution is 7.80. The van der Waals surface area contributed by atoms with E-state index in [1.165, 1.54) is 5.56 Å². The molecule has 0 radical (unpaired) electrons. The summed E-state index contributed by atoms with van der Waals surface area (Å²) in [6, 6.07) is 24.6. The van der Waals surface area contributed by atoms with E-state index in [1.54, 1.807) is 24.3 Å². The van der Waals surface area contributed by atoms with Crippen LogP contribution in [0.25, 0.3) is 0 Å². The van der Waals surface area contributed by atoms with Crippen molar-refractivity contribution in [2.75, 3.05) is 17.2 Å². The Morgan fingerprint density at radius 2 is 1.48 bits per heavy atom. The Morgan fingerprint density at radius 3 is 2.15 bits per heavy atom. The van der Waals surface area contributed by atoms with Crippen molar-refractivity contribution in [2.45, 2.75) is 58.3 Å². The third-order valence-electron chi connectivity index (χ3n) is 6.14. The molecule has 3 N–H and O–H groups in total. The maximum Gasteiger partial charge on any atom is 0.305 e. The standard InChI is InChI=1S/C32H37N3O4S/c1-32(2,3)25-19-17-24(18-20-25)30(38)33-26-13-7-14-27(22-26)34-31(40)35-28(36)15-8-16-29(37)39-21-9-12-23-10-5-4-6-11-23/h4-7,10-11,13-14,17-20,22H,8-9,12,15-16,21H2,1-3H3,(H,33,38)(H2,34,35,36,40). The quantitative estimate of drug-likeness (QED) is 0.143. The Bertz CT molecular complexity index is 1300. The summed E-state index contributed by atoms with van der Waals surface area (Å²) in [7, 11) is 0. The van der Waals surface area contributed by atoms with Crippen LogP contribution in [0, 0.1) is 0 Å². The number of nitrogens with one attached hydrogen (secondary N) is 3. The second-order valence-electron chi connectivity index (χ2n) is 10.5. The lowest BCUT2D eigenvalue weighted by Gasteiger charge is -2.19. The predicted octanol–water partition coefficient (Wildman–Crippen LogP) is 6.40. The van der Waals surface area contributed by atoms with Gasteiger partial charge in [-0.3, -0.25) is 14.4 Å². The van der Waals surface area contributed by atoms with Crippen molar-refractivity contribution in [3.63, 3.8) is 0 Å². The molecule has 0 bridgehead atoms. The molecule has 0 aromatic heterocycles. The van der Waals surface area contributed by atoms with Gasteiger partial charge >= 0.3 is 5.97 Å². The van der Waals surface area contributed by atoms with E-state index in [4.69, 9.17) is 17.0 Å². The summed E-state index contributed by atoms with van der Waals surface area (Å²) in [5.74, 6) is -0.827. The van der Waals surface area contributed by atoms with Crippen molar-refractivity contribution in [3.8, 4) is 0 Å². The number of amides is 2. The van der Waals surface area contributed by atoms with Crippen LogP contribution in [0.4, 0.5) is 11.4 Å². The molecule has 3 aromatic carbocycles. The minimum Gasteiger partial charge on any atom is -0.466 e. The highest BCUT2D eigenvalue weighted by Crippen LogP contribution is 2.23. The van der Waals surface area contributed by atoms with Gasteiger partial charge in [0.15, 0.2) is 5.11 Å². The summed E-state index contributed by atoms with van der Waals surface area (Å²) in [6.07, 6.45) is 2.28. The maximum absolute atomic E-state index is 12.7. The number of carbonyl (C=O) groups excluding carboxylic acids is 3. The lowest BCUT2D eigenvalue weighted by molar-refractivity contribution is -0.143. The van der Waals surface area contributed by atoms with E-state index in [1.807, 2.05) is 54.6 Å². The third-order valence-corrected chi connectivity index (χ3v) is 6.35. The monoisotopic (exact) mass is 559 g/mol. The van der Waals surface area contributed by atoms with Gasteiger partial charge in [0.05, 0.1) is 6.61 Å². The van der Waals surface area contributed by atoms with E-state index in [0.717, 1.165) is 18.4 Å². The van der Waals surface area contributed by atoms with Gasteiger partial charge in [-0.2, -0.15) is 0 Å². The van der Waals surface area contributed by atoms with Gasteiger partial charge < -0.3 is 20.7 Å². The van der Waals surface area contributed by atoms with Gasteiger partial charge in [0.2, 0.25) is 5.91 Å². The van der Waals surface area contributed by atoms with Gasteiger partial charge in [-0.05, 0) is 78.4 Å². The smallest absolute Gasteiger partial charge is 0.305 e. The summed E-state index contributed by atoms with van der Waals surface area (Å²) in [5.41, 5.74) is 4.14. The minimum atomic E-state index is -0.314. The fourth-order valence-corrected chi connectivity index (χ4v) is 4.16. The van der Waals surface area contributed by atoms with Gasteiger partial charge in [0, 0.05) is 29.8 Å². The molecular weight excluding hydrogens is 522 g/mol. The molecule has 0 heterocycles. The Balaban J connectivity index is 1.35. The molecule has 7 nitrogen and oxygen atoms in total. The van der Waals surface area contributed by atoms with E-state index in [9.17, 15) is 14.4 Å². The van der Waals surface area contributed by atoms with Gasteiger partial charge in [0.1, 0.15) is 0 Å². The number of hydrogen-bond acceptors (Lipinski definition) is 5. The number of anilines is 2. The molecule has 40 heavy (non-hydrogen) atoms. The summed E-state index contributed by atoms with van der Waals surface area (Å²) in [6.45, 7) is 6.73. The molecule has 3 aromatic rings. The van der Waals surface area contributed by atoms with Crippen LogP contribution in [0.5, 0.6) is 0 Å².